The molecule has 2 fully saturated rings. The van der Waals surface area contributed by atoms with Crippen LogP contribution in [-0.2, 0) is 4.74 Å². The van der Waals surface area contributed by atoms with E-state index in [0.29, 0.717) is 6.10 Å². The zero-order valence-corrected chi connectivity index (χ0v) is 9.81. The number of ether oxygens (including phenoxy) is 1. The van der Waals surface area contributed by atoms with Crippen LogP contribution in [0.5, 0.6) is 0 Å². The van der Waals surface area contributed by atoms with Crippen molar-refractivity contribution in [1.29, 1.82) is 0 Å². The van der Waals surface area contributed by atoms with Crippen LogP contribution in [0.4, 0.5) is 0 Å². The molecule has 0 aromatic carbocycles. The van der Waals surface area contributed by atoms with Gasteiger partial charge in [-0.05, 0) is 25.2 Å². The van der Waals surface area contributed by atoms with Crippen molar-refractivity contribution in [2.75, 3.05) is 6.61 Å². The average Bonchev–Trinajstić information content (AvgIpc) is 2.71. The zero-order chi connectivity index (χ0) is 10.1. The van der Waals surface area contributed by atoms with Crippen molar-refractivity contribution in [3.63, 3.8) is 0 Å². The average molecular weight is 186 g/mol. The van der Waals surface area contributed by atoms with E-state index in [1.165, 1.54) is 32.1 Å². The Morgan fingerprint density at radius 1 is 0.846 bits per heavy atom. The minimum atomic E-state index is 0.666. The van der Waals surface area contributed by atoms with Gasteiger partial charge in [0, 0.05) is 6.61 Å². The summed E-state index contributed by atoms with van der Waals surface area (Å²) in [6.07, 6.45) is 7.63. The summed E-state index contributed by atoms with van der Waals surface area (Å²) in [7, 11) is 0. The zero-order valence-electron chi connectivity index (χ0n) is 9.81. The minimum Gasteiger partial charge on any atom is -0.378 e. The van der Waals surface area contributed by atoms with Crippen LogP contribution in [0.25, 0.3) is 0 Å². The predicted octanol–water partition coefficient (Wildman–Crippen LogP) is 4.02. The molecule has 1 saturated heterocycles. The van der Waals surface area contributed by atoms with E-state index in [1.807, 2.05) is 27.7 Å². The summed E-state index contributed by atoms with van der Waals surface area (Å²) in [4.78, 5) is 0. The highest BCUT2D eigenvalue weighted by molar-refractivity contribution is 4.79. The number of rotatable bonds is 0. The second kappa shape index (κ2) is 8.55. The van der Waals surface area contributed by atoms with E-state index in [9.17, 15) is 0 Å². The van der Waals surface area contributed by atoms with Gasteiger partial charge in [-0.1, -0.05) is 40.5 Å². The Morgan fingerprint density at radius 3 is 2.08 bits per heavy atom. The standard InChI is InChI=1S/C8H14O.2C2H6/c1-2-4-8-7(3-1)5-6-9-8;2*1-2/h7-8H,1-6H2;2*1-2H3. The topological polar surface area (TPSA) is 9.23 Å². The molecule has 0 amide bonds. The van der Waals surface area contributed by atoms with Crippen LogP contribution in [0.1, 0.15) is 59.8 Å². The molecule has 1 heteroatoms. The van der Waals surface area contributed by atoms with E-state index < -0.39 is 0 Å². The van der Waals surface area contributed by atoms with Crippen molar-refractivity contribution in [2.45, 2.75) is 65.9 Å². The molecule has 2 aliphatic rings. The summed E-state index contributed by atoms with van der Waals surface area (Å²) in [6, 6.07) is 0. The first kappa shape index (κ1) is 13.0. The van der Waals surface area contributed by atoms with E-state index in [2.05, 4.69) is 0 Å². The number of fused-ring (bicyclic) bond motifs is 1. The van der Waals surface area contributed by atoms with Crippen LogP contribution in [0, 0.1) is 5.92 Å². The van der Waals surface area contributed by atoms with E-state index in [4.69, 9.17) is 4.74 Å². The summed E-state index contributed by atoms with van der Waals surface area (Å²) in [5, 5.41) is 0. The minimum absolute atomic E-state index is 0.666. The first-order valence-corrected chi connectivity index (χ1v) is 6.08. The Morgan fingerprint density at radius 2 is 1.46 bits per heavy atom. The highest BCUT2D eigenvalue weighted by atomic mass is 16.5. The molecule has 0 bridgehead atoms. The number of hydrogen-bond donors (Lipinski definition) is 0. The summed E-state index contributed by atoms with van der Waals surface area (Å²) >= 11 is 0. The Kier molecular flexibility index (Phi) is 8.53. The number of hydrogen-bond acceptors (Lipinski definition) is 1. The highest BCUT2D eigenvalue weighted by Gasteiger charge is 2.29. The van der Waals surface area contributed by atoms with Crippen LogP contribution in [-0.4, -0.2) is 12.7 Å². The quantitative estimate of drug-likeness (QED) is 0.555. The molecular weight excluding hydrogens is 160 g/mol. The van der Waals surface area contributed by atoms with Crippen molar-refractivity contribution in [1.82, 2.24) is 0 Å². The summed E-state index contributed by atoms with van der Waals surface area (Å²) in [5.74, 6) is 0.943. The van der Waals surface area contributed by atoms with Gasteiger partial charge < -0.3 is 4.74 Å². The Balaban J connectivity index is 0.000000322. The van der Waals surface area contributed by atoms with Gasteiger partial charge in [-0.3, -0.25) is 0 Å². The Bertz CT molecular complexity index is 89.3. The Labute approximate surface area is 83.9 Å². The van der Waals surface area contributed by atoms with E-state index in [-0.39, 0.29) is 0 Å². The third-order valence-corrected chi connectivity index (χ3v) is 2.66. The van der Waals surface area contributed by atoms with Crippen molar-refractivity contribution in [3.8, 4) is 0 Å². The van der Waals surface area contributed by atoms with Gasteiger partial charge in [-0.25, -0.2) is 0 Å². The second-order valence-electron chi connectivity index (χ2n) is 3.24. The molecular formula is C12H26O. The van der Waals surface area contributed by atoms with Gasteiger partial charge >= 0.3 is 0 Å². The molecule has 80 valence electrons. The lowest BCUT2D eigenvalue weighted by Gasteiger charge is -2.22. The van der Waals surface area contributed by atoms with Gasteiger partial charge in [-0.15, -0.1) is 0 Å². The van der Waals surface area contributed by atoms with Crippen LogP contribution in [0.3, 0.4) is 0 Å². The molecule has 1 aliphatic heterocycles. The molecule has 0 radical (unpaired) electrons. The predicted molar refractivity (Wildman–Crippen MR) is 59.0 cm³/mol. The maximum atomic E-state index is 5.56. The molecule has 2 rings (SSSR count). The van der Waals surface area contributed by atoms with E-state index in [1.54, 1.807) is 0 Å². The third-order valence-electron chi connectivity index (χ3n) is 2.66. The van der Waals surface area contributed by atoms with Gasteiger partial charge in [0.2, 0.25) is 0 Å². The van der Waals surface area contributed by atoms with Crippen LogP contribution in [0.2, 0.25) is 0 Å². The van der Waals surface area contributed by atoms with Gasteiger partial charge in [0.15, 0.2) is 0 Å². The summed E-state index contributed by atoms with van der Waals surface area (Å²) in [5.41, 5.74) is 0. The molecule has 1 nitrogen and oxygen atoms in total. The van der Waals surface area contributed by atoms with Crippen LogP contribution in [0.15, 0.2) is 0 Å². The fourth-order valence-electron chi connectivity index (χ4n) is 2.09. The van der Waals surface area contributed by atoms with Gasteiger partial charge in [0.1, 0.15) is 0 Å². The molecule has 0 spiro atoms. The first-order chi connectivity index (χ1) is 6.47. The highest BCUT2D eigenvalue weighted by Crippen LogP contribution is 2.33. The summed E-state index contributed by atoms with van der Waals surface area (Å²) < 4.78 is 5.56. The maximum absolute atomic E-state index is 5.56. The van der Waals surface area contributed by atoms with Gasteiger partial charge in [0.05, 0.1) is 6.10 Å². The lowest BCUT2D eigenvalue weighted by Crippen LogP contribution is -2.19. The molecule has 1 aliphatic carbocycles. The molecule has 0 aromatic heterocycles. The molecule has 0 aromatic rings. The molecule has 13 heavy (non-hydrogen) atoms. The van der Waals surface area contributed by atoms with Crippen molar-refractivity contribution >= 4 is 0 Å². The van der Waals surface area contributed by atoms with Gasteiger partial charge in [0.25, 0.3) is 0 Å². The lowest BCUT2D eigenvalue weighted by molar-refractivity contribution is 0.0663. The molecule has 2 unspecified atom stereocenters. The smallest absolute Gasteiger partial charge is 0.0604 e. The van der Waals surface area contributed by atoms with Crippen LogP contribution >= 0.6 is 0 Å². The maximum Gasteiger partial charge on any atom is 0.0604 e. The largest absolute Gasteiger partial charge is 0.378 e. The fraction of sp³-hybridized carbons (Fsp3) is 1.00. The molecule has 1 heterocycles. The van der Waals surface area contributed by atoms with Crippen molar-refractivity contribution < 1.29 is 4.74 Å². The summed E-state index contributed by atoms with van der Waals surface area (Å²) in [6.45, 7) is 9.04. The van der Waals surface area contributed by atoms with E-state index >= 15 is 0 Å². The normalized spacial score (nSPS) is 30.5. The van der Waals surface area contributed by atoms with E-state index in [0.717, 1.165) is 12.5 Å². The molecule has 2 atom stereocenters. The molecule has 0 N–H and O–H groups in total. The molecule has 1 saturated carbocycles. The first-order valence-electron chi connectivity index (χ1n) is 6.08. The third kappa shape index (κ3) is 4.12. The fourth-order valence-corrected chi connectivity index (χ4v) is 2.09. The van der Waals surface area contributed by atoms with Crippen molar-refractivity contribution in [3.05, 3.63) is 0 Å². The lowest BCUT2D eigenvalue weighted by atomic mass is 9.86. The van der Waals surface area contributed by atoms with Gasteiger partial charge in [-0.2, -0.15) is 0 Å². The monoisotopic (exact) mass is 186 g/mol. The van der Waals surface area contributed by atoms with Crippen LogP contribution < -0.4 is 0 Å². The van der Waals surface area contributed by atoms with Crippen molar-refractivity contribution in [2.24, 2.45) is 5.92 Å². The second-order valence-corrected chi connectivity index (χ2v) is 3.24. The Hall–Kier alpha value is -0.0400. The SMILES string of the molecule is C1CCC2OCCC2C1.CC.CC.